The molecular formula is C16H24F3N3O3S. The van der Waals surface area contributed by atoms with E-state index < -0.39 is 22.7 Å². The maximum Gasteiger partial charge on any atom is 0.406 e. The van der Waals surface area contributed by atoms with E-state index in [0.717, 1.165) is 10.8 Å². The molecule has 10 heteroatoms. The van der Waals surface area contributed by atoms with E-state index in [1.54, 1.807) is 6.92 Å². The average Bonchev–Trinajstić information content (AvgIpc) is 2.74. The maximum atomic E-state index is 12.7. The molecule has 1 aliphatic rings. The molecular weight excluding hydrogens is 371 g/mol. The molecule has 0 unspecified atom stereocenters. The molecule has 0 aromatic carbocycles. The lowest BCUT2D eigenvalue weighted by atomic mass is 10.0. The van der Waals surface area contributed by atoms with Crippen molar-refractivity contribution in [2.75, 3.05) is 25.9 Å². The van der Waals surface area contributed by atoms with E-state index in [2.05, 4.69) is 4.72 Å². The Morgan fingerprint density at radius 3 is 2.35 bits per heavy atom. The first kappa shape index (κ1) is 20.9. The number of nitrogens with zero attached hydrogens (tertiary/aromatic N) is 2. The second-order valence-electron chi connectivity index (χ2n) is 6.85. The van der Waals surface area contributed by atoms with Gasteiger partial charge in [-0.05, 0) is 32.8 Å². The Morgan fingerprint density at radius 2 is 1.85 bits per heavy atom. The smallest absolute Gasteiger partial charge is 0.339 e. The van der Waals surface area contributed by atoms with Crippen LogP contribution in [-0.2, 0) is 16.6 Å². The highest BCUT2D eigenvalue weighted by atomic mass is 32.2. The number of halogens is 3. The fourth-order valence-electron chi connectivity index (χ4n) is 3.31. The minimum Gasteiger partial charge on any atom is -0.339 e. The molecule has 1 saturated heterocycles. The zero-order valence-electron chi connectivity index (χ0n) is 15.1. The van der Waals surface area contributed by atoms with Gasteiger partial charge in [-0.25, -0.2) is 13.1 Å². The van der Waals surface area contributed by atoms with Gasteiger partial charge in [-0.3, -0.25) is 9.69 Å². The fraction of sp³-hybridized carbons (Fsp3) is 0.688. The van der Waals surface area contributed by atoms with Crippen molar-refractivity contribution in [1.29, 1.82) is 0 Å². The number of hydrogen-bond donors (Lipinski definition) is 1. The van der Waals surface area contributed by atoms with Crippen LogP contribution in [-0.4, -0.2) is 61.8 Å². The quantitative estimate of drug-likeness (QED) is 0.747. The number of hydrogen-bond acceptors (Lipinski definition) is 4. The molecule has 0 saturated carbocycles. The summed E-state index contributed by atoms with van der Waals surface area (Å²) < 4.78 is 64.2. The van der Waals surface area contributed by atoms with Crippen LogP contribution in [0, 0.1) is 13.8 Å². The van der Waals surface area contributed by atoms with E-state index in [4.69, 9.17) is 0 Å². The Labute approximate surface area is 151 Å². The number of rotatable bonds is 6. The summed E-state index contributed by atoms with van der Waals surface area (Å²) in [6.07, 6.45) is -2.05. The molecule has 1 aromatic rings. The fourth-order valence-corrected chi connectivity index (χ4v) is 4.15. The minimum absolute atomic E-state index is 0.113. The molecule has 26 heavy (non-hydrogen) atoms. The molecule has 0 amide bonds. The first-order valence-corrected chi connectivity index (χ1v) is 10.2. The number of alkyl halides is 3. The van der Waals surface area contributed by atoms with Gasteiger partial charge in [-0.1, -0.05) is 0 Å². The number of carbonyl (C=O) groups excluding carboxylic acids is 1. The summed E-state index contributed by atoms with van der Waals surface area (Å²) in [4.78, 5) is 14.4. The van der Waals surface area contributed by atoms with Crippen LogP contribution in [0.5, 0.6) is 0 Å². The molecule has 1 aliphatic heterocycles. The molecule has 0 radical (unpaired) electrons. The van der Waals surface area contributed by atoms with Gasteiger partial charge >= 0.3 is 6.18 Å². The number of nitrogens with one attached hydrogen (secondary N) is 1. The molecule has 2 rings (SSSR count). The van der Waals surface area contributed by atoms with E-state index in [0.29, 0.717) is 42.9 Å². The Kier molecular flexibility index (Phi) is 6.19. The van der Waals surface area contributed by atoms with Gasteiger partial charge < -0.3 is 4.57 Å². The first-order valence-electron chi connectivity index (χ1n) is 8.32. The van der Waals surface area contributed by atoms with E-state index in [1.807, 2.05) is 4.90 Å². The molecule has 1 fully saturated rings. The van der Waals surface area contributed by atoms with Crippen LogP contribution in [0.3, 0.4) is 0 Å². The molecule has 6 nitrogen and oxygen atoms in total. The largest absolute Gasteiger partial charge is 0.406 e. The number of piperidine rings is 1. The maximum absolute atomic E-state index is 12.7. The predicted octanol–water partition coefficient (Wildman–Crippen LogP) is 1.86. The number of sulfonamides is 1. The van der Waals surface area contributed by atoms with Crippen LogP contribution < -0.4 is 4.72 Å². The Morgan fingerprint density at radius 1 is 1.27 bits per heavy atom. The highest BCUT2D eigenvalue weighted by Gasteiger charge is 2.31. The summed E-state index contributed by atoms with van der Waals surface area (Å²) in [7, 11) is -3.26. The third-order valence-corrected chi connectivity index (χ3v) is 5.31. The lowest BCUT2D eigenvalue weighted by Crippen LogP contribution is -2.45. The van der Waals surface area contributed by atoms with Gasteiger partial charge in [-0.15, -0.1) is 0 Å². The monoisotopic (exact) mass is 395 g/mol. The molecule has 0 spiro atoms. The standard InChI is InChI=1S/C16H24F3N3O3S/c1-11-8-14(12(2)22(11)10-16(17,18)19)15(23)9-21-6-4-13(5-7-21)20-26(3,24)25/h8,13,20H,4-7,9-10H2,1-3H3. The summed E-state index contributed by atoms with van der Waals surface area (Å²) in [5, 5.41) is 0. The van der Waals surface area contributed by atoms with E-state index in [1.165, 1.54) is 13.0 Å². The van der Waals surface area contributed by atoms with E-state index >= 15 is 0 Å². The number of ketones is 1. The van der Waals surface area contributed by atoms with Crippen molar-refractivity contribution in [2.24, 2.45) is 0 Å². The van der Waals surface area contributed by atoms with Crippen LogP contribution in [0.4, 0.5) is 13.2 Å². The molecule has 2 heterocycles. The first-order chi connectivity index (χ1) is 11.9. The number of aromatic nitrogens is 1. The SMILES string of the molecule is Cc1cc(C(=O)CN2CCC(NS(C)(=O)=O)CC2)c(C)n1CC(F)(F)F. The molecule has 1 N–H and O–H groups in total. The van der Waals surface area contributed by atoms with Crippen LogP contribution >= 0.6 is 0 Å². The van der Waals surface area contributed by atoms with Crippen LogP contribution in [0.15, 0.2) is 6.07 Å². The normalized spacial score (nSPS) is 17.6. The van der Waals surface area contributed by atoms with Crippen LogP contribution in [0.1, 0.15) is 34.6 Å². The van der Waals surface area contributed by atoms with Crippen molar-refractivity contribution in [2.45, 2.75) is 45.5 Å². The summed E-state index contributed by atoms with van der Waals surface area (Å²) in [6, 6.07) is 1.36. The van der Waals surface area contributed by atoms with Crippen molar-refractivity contribution in [3.63, 3.8) is 0 Å². The van der Waals surface area contributed by atoms with E-state index in [-0.39, 0.29) is 18.4 Å². The molecule has 0 aliphatic carbocycles. The molecule has 148 valence electrons. The third-order valence-electron chi connectivity index (χ3n) is 4.55. The topological polar surface area (TPSA) is 71.4 Å². The highest BCUT2D eigenvalue weighted by molar-refractivity contribution is 7.88. The molecule has 1 aromatic heterocycles. The van der Waals surface area contributed by atoms with Crippen molar-refractivity contribution in [3.05, 3.63) is 23.0 Å². The highest BCUT2D eigenvalue weighted by Crippen LogP contribution is 2.24. The van der Waals surface area contributed by atoms with Crippen molar-refractivity contribution >= 4 is 15.8 Å². The lowest BCUT2D eigenvalue weighted by Gasteiger charge is -2.31. The van der Waals surface area contributed by atoms with Gasteiger partial charge in [0.2, 0.25) is 10.0 Å². The Hall–Kier alpha value is -1.39. The summed E-state index contributed by atoms with van der Waals surface area (Å²) >= 11 is 0. The van der Waals surface area contributed by atoms with Crippen molar-refractivity contribution in [1.82, 2.24) is 14.2 Å². The molecule has 0 atom stereocenters. The van der Waals surface area contributed by atoms with Gasteiger partial charge in [0.1, 0.15) is 6.54 Å². The second-order valence-corrected chi connectivity index (χ2v) is 8.63. The number of Topliss-reactive ketones (excluding diaryl/α,β-unsaturated/α-hetero) is 1. The third kappa shape index (κ3) is 5.82. The van der Waals surface area contributed by atoms with Crippen molar-refractivity contribution in [3.8, 4) is 0 Å². The summed E-state index contributed by atoms with van der Waals surface area (Å²) in [6.45, 7) is 3.19. The number of carbonyl (C=O) groups is 1. The lowest BCUT2D eigenvalue weighted by molar-refractivity contribution is -0.141. The van der Waals surface area contributed by atoms with Crippen LogP contribution in [0.25, 0.3) is 0 Å². The zero-order chi connectivity index (χ0) is 19.7. The van der Waals surface area contributed by atoms with E-state index in [9.17, 15) is 26.4 Å². The van der Waals surface area contributed by atoms with Gasteiger partial charge in [0, 0.05) is 36.1 Å². The zero-order valence-corrected chi connectivity index (χ0v) is 15.9. The molecule has 0 bridgehead atoms. The van der Waals surface area contributed by atoms with Crippen LogP contribution in [0.2, 0.25) is 0 Å². The summed E-state index contributed by atoms with van der Waals surface area (Å²) in [5.41, 5.74) is 1.03. The van der Waals surface area contributed by atoms with Crippen molar-refractivity contribution < 1.29 is 26.4 Å². The second kappa shape index (κ2) is 7.69. The van der Waals surface area contributed by atoms with Gasteiger partial charge in [0.15, 0.2) is 5.78 Å². The predicted molar refractivity (Wildman–Crippen MR) is 91.7 cm³/mol. The summed E-state index contributed by atoms with van der Waals surface area (Å²) in [5.74, 6) is -0.221. The minimum atomic E-state index is -4.34. The number of aryl methyl sites for hydroxylation is 1. The Balaban J connectivity index is 1.98. The Bertz CT molecular complexity index is 764. The van der Waals surface area contributed by atoms with Gasteiger partial charge in [0.25, 0.3) is 0 Å². The van der Waals surface area contributed by atoms with Gasteiger partial charge in [-0.2, -0.15) is 13.2 Å². The average molecular weight is 395 g/mol. The van der Waals surface area contributed by atoms with Gasteiger partial charge in [0.05, 0.1) is 12.8 Å². The number of likely N-dealkylation sites (tertiary alicyclic amines) is 1.